The van der Waals surface area contributed by atoms with Gasteiger partial charge < -0.3 is 14.6 Å². The summed E-state index contributed by atoms with van der Waals surface area (Å²) >= 11 is 0. The molecule has 7 heteroatoms. The molecule has 18 heavy (non-hydrogen) atoms. The van der Waals surface area contributed by atoms with Gasteiger partial charge in [-0.2, -0.15) is 0 Å². The van der Waals surface area contributed by atoms with Gasteiger partial charge in [0.05, 0.1) is 18.1 Å². The molecule has 1 aromatic carbocycles. The van der Waals surface area contributed by atoms with Gasteiger partial charge >= 0.3 is 0 Å². The fraction of sp³-hybridized carbons (Fsp3) is 0.364. The minimum Gasteiger partial charge on any atom is -0.493 e. The van der Waals surface area contributed by atoms with Crippen molar-refractivity contribution in [1.29, 1.82) is 0 Å². The number of hydrogen-bond acceptors (Lipinski definition) is 5. The molecule has 1 rings (SSSR count). The predicted octanol–water partition coefficient (Wildman–Crippen LogP) is 0.716. The summed E-state index contributed by atoms with van der Waals surface area (Å²) in [6, 6.07) is 5.26. The quantitative estimate of drug-likeness (QED) is 0.586. The molecule has 5 nitrogen and oxygen atoms in total. The number of hydrogen-bond donors (Lipinski definition) is 1. The maximum atomic E-state index is 13.1. The van der Waals surface area contributed by atoms with Gasteiger partial charge in [-0.1, -0.05) is 6.07 Å². The summed E-state index contributed by atoms with van der Waals surface area (Å²) < 4.78 is 41.4. The van der Waals surface area contributed by atoms with Gasteiger partial charge in [-0.05, 0) is 18.2 Å². The average molecular weight is 276 g/mol. The lowest BCUT2D eigenvalue weighted by molar-refractivity contribution is -0.108. The number of aldehydes is 1. The summed E-state index contributed by atoms with van der Waals surface area (Å²) in [6.07, 6.45) is 0.850. The summed E-state index contributed by atoms with van der Waals surface area (Å²) in [6.45, 7) is -0.982. The molecule has 100 valence electrons. The number of alkyl halides is 1. The summed E-state index contributed by atoms with van der Waals surface area (Å²) in [5, 5.41) is 8.55. The number of sulfone groups is 1. The van der Waals surface area contributed by atoms with Crippen molar-refractivity contribution in [1.82, 2.24) is 0 Å². The lowest BCUT2D eigenvalue weighted by Gasteiger charge is -2.09. The smallest absolute Gasteiger partial charge is 0.228 e. The minimum absolute atomic E-state index is 0.117. The van der Waals surface area contributed by atoms with E-state index in [1.807, 2.05) is 0 Å². The Balaban J connectivity index is 2.91. The molecule has 0 amide bonds. The largest absolute Gasteiger partial charge is 0.493 e. The summed E-state index contributed by atoms with van der Waals surface area (Å²) in [7, 11) is -4.21. The van der Waals surface area contributed by atoms with Gasteiger partial charge in [0, 0.05) is 6.42 Å². The van der Waals surface area contributed by atoms with Crippen LogP contribution >= 0.6 is 0 Å². The van der Waals surface area contributed by atoms with Gasteiger partial charge in [0.15, 0.2) is 0 Å². The Morgan fingerprint density at radius 1 is 1.44 bits per heavy atom. The highest BCUT2D eigenvalue weighted by Gasteiger charge is 2.26. The third-order valence-electron chi connectivity index (χ3n) is 2.12. The van der Waals surface area contributed by atoms with E-state index >= 15 is 0 Å². The second-order valence-electron chi connectivity index (χ2n) is 3.42. The molecule has 0 saturated carbocycles. The van der Waals surface area contributed by atoms with Crippen LogP contribution in [0.4, 0.5) is 4.39 Å². The molecule has 0 fully saturated rings. The van der Waals surface area contributed by atoms with Crippen LogP contribution in [0.1, 0.15) is 6.42 Å². The molecular weight excluding hydrogens is 263 g/mol. The molecule has 0 aromatic heterocycles. The number of carbonyl (C=O) groups is 1. The predicted molar refractivity (Wildman–Crippen MR) is 61.8 cm³/mol. The zero-order valence-corrected chi connectivity index (χ0v) is 10.3. The molecule has 0 heterocycles. The van der Waals surface area contributed by atoms with Crippen LogP contribution in [0.2, 0.25) is 0 Å². The van der Waals surface area contributed by atoms with Crippen molar-refractivity contribution >= 4 is 16.1 Å². The Morgan fingerprint density at radius 2 is 2.17 bits per heavy atom. The van der Waals surface area contributed by atoms with Gasteiger partial charge in [-0.3, -0.25) is 0 Å². The Kier molecular flexibility index (Phi) is 5.24. The number of halogens is 1. The maximum Gasteiger partial charge on any atom is 0.228 e. The van der Waals surface area contributed by atoms with E-state index in [0.717, 1.165) is 6.07 Å². The number of benzene rings is 1. The molecular formula is C11H13FO5S. The molecule has 1 N–H and O–H groups in total. The van der Waals surface area contributed by atoms with E-state index in [-0.39, 0.29) is 23.7 Å². The van der Waals surface area contributed by atoms with Crippen molar-refractivity contribution in [2.24, 2.45) is 0 Å². The highest BCUT2D eigenvalue weighted by molar-refractivity contribution is 7.92. The summed E-state index contributed by atoms with van der Waals surface area (Å²) in [5.74, 6) is 0.225. The van der Waals surface area contributed by atoms with Gasteiger partial charge in [0.1, 0.15) is 12.0 Å². The normalized spacial score (nSPS) is 13.0. The first-order valence-electron chi connectivity index (χ1n) is 5.17. The standard InChI is InChI=1S/C11H13FO5S/c12-11(8-14)18(15,16)10-4-1-3-9(7-10)17-6-2-5-13/h1,3-5,7,11,14H,2,6,8H2. The summed E-state index contributed by atoms with van der Waals surface area (Å²) in [4.78, 5) is 9.83. The van der Waals surface area contributed by atoms with Crippen LogP contribution in [0.15, 0.2) is 29.2 Å². The van der Waals surface area contributed by atoms with Crippen molar-refractivity contribution in [3.63, 3.8) is 0 Å². The minimum atomic E-state index is -4.21. The van der Waals surface area contributed by atoms with E-state index in [1.165, 1.54) is 18.2 Å². The summed E-state index contributed by atoms with van der Waals surface area (Å²) in [5.41, 5.74) is -2.36. The van der Waals surface area contributed by atoms with Crippen LogP contribution in [0.25, 0.3) is 0 Å². The first kappa shape index (κ1) is 14.6. The van der Waals surface area contributed by atoms with E-state index in [0.29, 0.717) is 6.29 Å². The van der Waals surface area contributed by atoms with E-state index in [9.17, 15) is 17.6 Å². The van der Waals surface area contributed by atoms with Crippen molar-refractivity contribution < 1.29 is 27.4 Å². The van der Waals surface area contributed by atoms with E-state index < -0.39 is 21.9 Å². The monoisotopic (exact) mass is 276 g/mol. The lowest BCUT2D eigenvalue weighted by atomic mass is 10.3. The number of carbonyl (C=O) groups excluding carboxylic acids is 1. The van der Waals surface area contributed by atoms with Crippen LogP contribution in [-0.4, -0.2) is 38.5 Å². The van der Waals surface area contributed by atoms with E-state index in [4.69, 9.17) is 9.84 Å². The van der Waals surface area contributed by atoms with Gasteiger partial charge in [-0.25, -0.2) is 12.8 Å². The van der Waals surface area contributed by atoms with E-state index in [2.05, 4.69) is 0 Å². The highest BCUT2D eigenvalue weighted by Crippen LogP contribution is 2.21. The number of rotatable bonds is 7. The molecule has 1 aromatic rings. The Labute approximate surface area is 104 Å². The maximum absolute atomic E-state index is 13.1. The van der Waals surface area contributed by atoms with Crippen molar-refractivity contribution in [3.05, 3.63) is 24.3 Å². The number of aliphatic hydroxyl groups excluding tert-OH is 1. The van der Waals surface area contributed by atoms with Crippen molar-refractivity contribution in [2.45, 2.75) is 16.8 Å². The first-order valence-corrected chi connectivity index (χ1v) is 6.72. The van der Waals surface area contributed by atoms with Gasteiger partial charge in [-0.15, -0.1) is 0 Å². The molecule has 0 radical (unpaired) electrons. The molecule has 0 saturated heterocycles. The molecule has 0 aliphatic carbocycles. The van der Waals surface area contributed by atoms with Crippen LogP contribution in [0, 0.1) is 0 Å². The van der Waals surface area contributed by atoms with Crippen molar-refractivity contribution in [3.8, 4) is 5.75 Å². The van der Waals surface area contributed by atoms with Crippen LogP contribution in [0.3, 0.4) is 0 Å². The molecule has 0 spiro atoms. The van der Waals surface area contributed by atoms with E-state index in [1.54, 1.807) is 0 Å². The molecule has 0 aliphatic rings. The molecule has 0 aliphatic heterocycles. The molecule has 0 bridgehead atoms. The fourth-order valence-corrected chi connectivity index (χ4v) is 2.25. The SMILES string of the molecule is O=CCCOc1cccc(S(=O)(=O)C(F)CO)c1. The fourth-order valence-electron chi connectivity index (χ4n) is 1.21. The van der Waals surface area contributed by atoms with Crippen LogP contribution in [-0.2, 0) is 14.6 Å². The average Bonchev–Trinajstić information content (AvgIpc) is 2.38. The van der Waals surface area contributed by atoms with Crippen molar-refractivity contribution in [2.75, 3.05) is 13.2 Å². The lowest BCUT2D eigenvalue weighted by Crippen LogP contribution is -2.20. The topological polar surface area (TPSA) is 80.7 Å². The highest BCUT2D eigenvalue weighted by atomic mass is 32.2. The number of aliphatic hydroxyl groups is 1. The zero-order chi connectivity index (χ0) is 13.6. The Hall–Kier alpha value is -1.47. The van der Waals surface area contributed by atoms with Gasteiger partial charge in [0.25, 0.3) is 0 Å². The molecule has 1 unspecified atom stereocenters. The van der Waals surface area contributed by atoms with Gasteiger partial charge in [0.2, 0.25) is 15.3 Å². The second-order valence-corrected chi connectivity index (χ2v) is 5.49. The van der Waals surface area contributed by atoms with Crippen LogP contribution in [0.5, 0.6) is 5.75 Å². The number of ether oxygens (including phenoxy) is 1. The third kappa shape index (κ3) is 3.51. The zero-order valence-electron chi connectivity index (χ0n) is 9.45. The second kappa shape index (κ2) is 6.46. The third-order valence-corrected chi connectivity index (χ3v) is 3.85. The Morgan fingerprint density at radius 3 is 2.78 bits per heavy atom. The Bertz CT molecular complexity index is 500. The molecule has 1 atom stereocenters. The first-order chi connectivity index (χ1) is 8.52. The van der Waals surface area contributed by atoms with Crippen LogP contribution < -0.4 is 4.74 Å².